The highest BCUT2D eigenvalue weighted by Gasteiger charge is 2.34. The number of ether oxygens (including phenoxy) is 1. The number of rotatable bonds is 12. The van der Waals surface area contributed by atoms with E-state index < -0.39 is 48.4 Å². The maximum absolute atomic E-state index is 13.3. The second kappa shape index (κ2) is 11.2. The van der Waals surface area contributed by atoms with Crippen molar-refractivity contribution in [3.63, 3.8) is 0 Å². The molecule has 1 rings (SSSR count). The van der Waals surface area contributed by atoms with E-state index in [1.165, 1.54) is 0 Å². The fourth-order valence-electron chi connectivity index (χ4n) is 2.24. The quantitative estimate of drug-likeness (QED) is 0.252. The molecule has 2 N–H and O–H groups in total. The van der Waals surface area contributed by atoms with E-state index in [9.17, 15) is 22.5 Å². The van der Waals surface area contributed by atoms with Crippen LogP contribution in [-0.4, -0.2) is 35.5 Å². The molecule has 0 saturated heterocycles. The van der Waals surface area contributed by atoms with Gasteiger partial charge in [0, 0.05) is 21.7 Å². The molecule has 1 aromatic carbocycles. The van der Waals surface area contributed by atoms with Gasteiger partial charge in [-0.05, 0) is 30.3 Å². The van der Waals surface area contributed by atoms with Crippen molar-refractivity contribution in [2.24, 2.45) is 5.73 Å². The predicted octanol–water partition coefficient (Wildman–Crippen LogP) is 6.50. The number of halogens is 3. The number of carbonyl (C=O) groups is 1. The molecule has 0 aliphatic rings. The van der Waals surface area contributed by atoms with Gasteiger partial charge in [-0.25, -0.2) is 9.36 Å². The fourth-order valence-corrected chi connectivity index (χ4v) is 5.25. The van der Waals surface area contributed by atoms with Crippen molar-refractivity contribution in [2.45, 2.75) is 64.2 Å². The first kappa shape index (κ1) is 28.7. The molecule has 1 amide bonds. The minimum absolute atomic E-state index is 0.119. The summed E-state index contributed by atoms with van der Waals surface area (Å²) in [7, 11) is -7.20. The number of phosphoric ester groups is 1. The monoisotopic (exact) mass is 515 g/mol. The first-order valence-electron chi connectivity index (χ1n) is 10.1. The molecule has 0 saturated carbocycles. The minimum Gasteiger partial charge on any atom is -0.445 e. The van der Waals surface area contributed by atoms with E-state index in [0.717, 1.165) is 18.2 Å². The number of carbonyl (C=O) groups excluding carboxylic acids is 1. The van der Waals surface area contributed by atoms with Gasteiger partial charge in [-0.1, -0.05) is 39.3 Å². The fraction of sp³-hybridized carbons (Fsp3) is 0.632. The van der Waals surface area contributed by atoms with Gasteiger partial charge in [-0.2, -0.15) is 13.2 Å². The van der Waals surface area contributed by atoms with Crippen LogP contribution in [0.25, 0.3) is 0 Å². The average Bonchev–Trinajstić information content (AvgIpc) is 2.57. The van der Waals surface area contributed by atoms with Crippen molar-refractivity contribution in [1.29, 1.82) is 0 Å². The lowest BCUT2D eigenvalue weighted by Crippen LogP contribution is -2.23. The standard InChI is InChI=1S/C19H33F3NO6PSi2/c1-31(2,3)11-9-27-30(25,28-10-12-32(4,5)6)29-17-8-7-16(19(20,21)22)13-15(17)14-26-18(23)24/h7-8,13H,9-12,14H2,1-6H3,(H2,23,24). The van der Waals surface area contributed by atoms with E-state index >= 15 is 0 Å². The second-order valence-electron chi connectivity index (χ2n) is 9.75. The van der Waals surface area contributed by atoms with Crippen LogP contribution in [0.4, 0.5) is 18.0 Å². The number of nitrogens with two attached hydrogens (primary N) is 1. The van der Waals surface area contributed by atoms with Crippen molar-refractivity contribution in [1.82, 2.24) is 0 Å². The van der Waals surface area contributed by atoms with Crippen molar-refractivity contribution in [2.75, 3.05) is 13.2 Å². The van der Waals surface area contributed by atoms with Crippen LogP contribution >= 0.6 is 7.82 Å². The van der Waals surface area contributed by atoms with Crippen LogP contribution in [-0.2, 0) is 31.1 Å². The van der Waals surface area contributed by atoms with Crippen LogP contribution in [0.15, 0.2) is 18.2 Å². The molecule has 0 heterocycles. The van der Waals surface area contributed by atoms with Gasteiger partial charge in [0.25, 0.3) is 0 Å². The summed E-state index contributed by atoms with van der Waals surface area (Å²) in [5, 5.41) is 0. The van der Waals surface area contributed by atoms with Crippen LogP contribution in [0.3, 0.4) is 0 Å². The number of hydrogen-bond donors (Lipinski definition) is 1. The highest BCUT2D eigenvalue weighted by atomic mass is 31.2. The molecular weight excluding hydrogens is 482 g/mol. The second-order valence-corrected chi connectivity index (χ2v) is 22.6. The molecule has 0 aromatic heterocycles. The summed E-state index contributed by atoms with van der Waals surface area (Å²) in [4.78, 5) is 11.0. The first-order chi connectivity index (χ1) is 14.4. The summed E-state index contributed by atoms with van der Waals surface area (Å²) in [5.41, 5.74) is 3.78. The molecule has 0 aliphatic carbocycles. The van der Waals surface area contributed by atoms with Gasteiger partial charge in [0.15, 0.2) is 0 Å². The largest absolute Gasteiger partial charge is 0.530 e. The van der Waals surface area contributed by atoms with Crippen molar-refractivity contribution < 1.29 is 40.8 Å². The van der Waals surface area contributed by atoms with Gasteiger partial charge < -0.3 is 15.0 Å². The zero-order chi connectivity index (χ0) is 24.8. The number of hydrogen-bond acceptors (Lipinski definition) is 6. The molecule has 0 bridgehead atoms. The van der Waals surface area contributed by atoms with Crippen molar-refractivity contribution in [3.05, 3.63) is 29.3 Å². The number of alkyl halides is 3. The van der Waals surface area contributed by atoms with Crippen molar-refractivity contribution in [3.8, 4) is 5.75 Å². The van der Waals surface area contributed by atoms with Gasteiger partial charge in [-0.15, -0.1) is 0 Å². The van der Waals surface area contributed by atoms with E-state index in [0.29, 0.717) is 12.1 Å². The Morgan fingerprint density at radius 2 is 1.50 bits per heavy atom. The molecular formula is C19H33F3NO6PSi2. The van der Waals surface area contributed by atoms with Crippen LogP contribution in [0.5, 0.6) is 5.75 Å². The predicted molar refractivity (Wildman–Crippen MR) is 122 cm³/mol. The van der Waals surface area contributed by atoms with Crippen LogP contribution in [0, 0.1) is 0 Å². The Morgan fingerprint density at radius 3 is 1.91 bits per heavy atom. The van der Waals surface area contributed by atoms with E-state index in [2.05, 4.69) is 44.0 Å². The smallest absolute Gasteiger partial charge is 0.445 e. The first-order valence-corrected chi connectivity index (χ1v) is 19.0. The lowest BCUT2D eigenvalue weighted by Gasteiger charge is -2.24. The zero-order valence-electron chi connectivity index (χ0n) is 19.4. The minimum atomic E-state index is -4.63. The summed E-state index contributed by atoms with van der Waals surface area (Å²) >= 11 is 0. The normalized spacial score (nSPS) is 13.2. The molecule has 0 atom stereocenters. The van der Waals surface area contributed by atoms with E-state index in [1.54, 1.807) is 0 Å². The van der Waals surface area contributed by atoms with Gasteiger partial charge in [0.05, 0.1) is 18.8 Å². The Morgan fingerprint density at radius 1 is 1.00 bits per heavy atom. The molecule has 0 spiro atoms. The zero-order valence-corrected chi connectivity index (χ0v) is 22.3. The molecule has 7 nitrogen and oxygen atoms in total. The summed E-state index contributed by atoms with van der Waals surface area (Å²) in [6.45, 7) is 12.3. The highest BCUT2D eigenvalue weighted by molar-refractivity contribution is 7.49. The van der Waals surface area contributed by atoms with Crippen molar-refractivity contribution >= 4 is 30.1 Å². The Kier molecular flexibility index (Phi) is 10.0. The molecule has 0 fully saturated rings. The van der Waals surface area contributed by atoms with E-state index in [1.807, 2.05) is 0 Å². The van der Waals surface area contributed by atoms with Crippen LogP contribution < -0.4 is 10.3 Å². The van der Waals surface area contributed by atoms with E-state index in [4.69, 9.17) is 19.3 Å². The lowest BCUT2D eigenvalue weighted by atomic mass is 10.1. The Bertz CT molecular complexity index is 801. The van der Waals surface area contributed by atoms with Crippen LogP contribution in [0.2, 0.25) is 51.4 Å². The number of benzene rings is 1. The maximum Gasteiger partial charge on any atom is 0.530 e. The summed E-state index contributed by atoms with van der Waals surface area (Å²) < 4.78 is 73.9. The number of phosphoric acid groups is 1. The molecule has 0 aliphatic heterocycles. The molecule has 0 unspecified atom stereocenters. The third kappa shape index (κ3) is 11.5. The molecule has 32 heavy (non-hydrogen) atoms. The maximum atomic E-state index is 13.3. The molecule has 13 heteroatoms. The Hall–Kier alpha value is -1.34. The molecule has 0 radical (unpaired) electrons. The topological polar surface area (TPSA) is 97.1 Å². The third-order valence-corrected chi connectivity index (χ3v) is 9.00. The lowest BCUT2D eigenvalue weighted by molar-refractivity contribution is -0.137. The Balaban J connectivity index is 3.18. The van der Waals surface area contributed by atoms with Gasteiger partial charge >= 0.3 is 20.1 Å². The van der Waals surface area contributed by atoms with E-state index in [-0.39, 0.29) is 24.5 Å². The summed E-state index contributed by atoms with van der Waals surface area (Å²) in [6.07, 6.45) is -5.81. The van der Waals surface area contributed by atoms with Gasteiger partial charge in [-0.3, -0.25) is 9.05 Å². The SMILES string of the molecule is C[Si](C)(C)CCOP(=O)(OCC[Si](C)(C)C)Oc1ccc(C(F)(F)F)cc1COC(N)=O. The molecule has 184 valence electrons. The number of primary amides is 1. The Labute approximate surface area is 189 Å². The average molecular weight is 516 g/mol. The third-order valence-electron chi connectivity index (χ3n) is 4.17. The molecule has 1 aromatic rings. The summed E-state index contributed by atoms with van der Waals surface area (Å²) in [6, 6.07) is 3.88. The van der Waals surface area contributed by atoms with Crippen LogP contribution in [0.1, 0.15) is 11.1 Å². The van der Waals surface area contributed by atoms with Gasteiger partial charge in [0.2, 0.25) is 0 Å². The summed E-state index contributed by atoms with van der Waals surface area (Å²) in [5.74, 6) is -0.205. The number of amides is 1. The highest BCUT2D eigenvalue weighted by Crippen LogP contribution is 2.51. The van der Waals surface area contributed by atoms with Gasteiger partial charge in [0.1, 0.15) is 12.4 Å².